The van der Waals surface area contributed by atoms with E-state index in [0.717, 1.165) is 44.6 Å². The van der Waals surface area contributed by atoms with Crippen molar-refractivity contribution >= 4 is 18.1 Å². The van der Waals surface area contributed by atoms with Crippen LogP contribution in [0.25, 0.3) is 0 Å². The summed E-state index contributed by atoms with van der Waals surface area (Å²) >= 11 is 0. The Morgan fingerprint density at radius 1 is 0.800 bits per heavy atom. The summed E-state index contributed by atoms with van der Waals surface area (Å²) in [6.07, 6.45) is 6.26. The summed E-state index contributed by atoms with van der Waals surface area (Å²) in [5.74, 6) is -0.718. The van der Waals surface area contributed by atoms with E-state index in [1.807, 2.05) is 0 Å². The largest absolute Gasteiger partial charge is 0.508 e. The third-order valence-corrected chi connectivity index (χ3v) is 7.90. The molecule has 11 heteroatoms. The van der Waals surface area contributed by atoms with Crippen molar-refractivity contribution in [2.45, 2.75) is 101 Å². The lowest BCUT2D eigenvalue weighted by atomic mass is 9.86. The van der Waals surface area contributed by atoms with Gasteiger partial charge in [0.1, 0.15) is 31.2 Å². The summed E-state index contributed by atoms with van der Waals surface area (Å²) < 4.78 is 44.7. The van der Waals surface area contributed by atoms with Crippen LogP contribution in [0.15, 0.2) is 24.8 Å². The number of carbonyl (C=O) groups excluding carboxylic acids is 3. The van der Waals surface area contributed by atoms with Gasteiger partial charge in [-0.1, -0.05) is 18.7 Å². The quantitative estimate of drug-likeness (QED) is 0.0808. The molecule has 0 spiro atoms. The van der Waals surface area contributed by atoms with Crippen molar-refractivity contribution in [3.05, 3.63) is 24.8 Å². The Labute approximate surface area is 235 Å². The van der Waals surface area contributed by atoms with Crippen LogP contribution in [0.1, 0.15) is 64.2 Å². The highest BCUT2D eigenvalue weighted by Crippen LogP contribution is 2.33. The molecule has 4 unspecified atom stereocenters. The lowest BCUT2D eigenvalue weighted by Gasteiger charge is -2.28. The number of ether oxygens (including phenoxy) is 8. The molecule has 0 amide bonds. The first-order valence-corrected chi connectivity index (χ1v) is 14.4. The fourth-order valence-electron chi connectivity index (χ4n) is 5.48. The second kappa shape index (κ2) is 15.5. The van der Waals surface area contributed by atoms with E-state index in [9.17, 15) is 14.4 Å². The Kier molecular flexibility index (Phi) is 11.8. The van der Waals surface area contributed by atoms with E-state index >= 15 is 0 Å². The number of carbonyl (C=O) groups is 3. The van der Waals surface area contributed by atoms with E-state index in [4.69, 9.17) is 37.9 Å². The summed E-state index contributed by atoms with van der Waals surface area (Å²) in [5.41, 5.74) is 1.20. The van der Waals surface area contributed by atoms with Crippen LogP contribution in [-0.2, 0) is 47.5 Å². The van der Waals surface area contributed by atoms with Gasteiger partial charge in [0.15, 0.2) is 6.10 Å². The molecule has 4 rings (SSSR count). The summed E-state index contributed by atoms with van der Waals surface area (Å²) in [5, 5.41) is 0. The molecular formula is C29H42O11. The number of fused-ring (bicyclic) bond motifs is 1. The van der Waals surface area contributed by atoms with Gasteiger partial charge < -0.3 is 37.9 Å². The van der Waals surface area contributed by atoms with Crippen molar-refractivity contribution in [3.8, 4) is 0 Å². The van der Waals surface area contributed by atoms with Crippen molar-refractivity contribution in [2.75, 3.05) is 33.2 Å². The minimum Gasteiger partial charge on any atom is -0.463 e. The van der Waals surface area contributed by atoms with Crippen molar-refractivity contribution < 1.29 is 52.3 Å². The van der Waals surface area contributed by atoms with Gasteiger partial charge in [0.2, 0.25) is 0 Å². The van der Waals surface area contributed by atoms with Crippen LogP contribution in [0.5, 0.6) is 0 Å². The topological polar surface area (TPSA) is 125 Å². The molecule has 2 saturated carbocycles. The maximum atomic E-state index is 12.6. The molecule has 2 aliphatic carbocycles. The van der Waals surface area contributed by atoms with Gasteiger partial charge in [0, 0.05) is 6.08 Å². The fraction of sp³-hybridized carbons (Fsp3) is 0.759. The number of rotatable bonds is 13. The molecule has 2 aliphatic heterocycles. The molecule has 0 aromatic heterocycles. The zero-order chi connectivity index (χ0) is 28.3. The number of allylic oxidation sites excluding steroid dienone is 1. The average molecular weight is 567 g/mol. The number of hydrogen-bond donors (Lipinski definition) is 0. The third-order valence-electron chi connectivity index (χ3n) is 7.90. The maximum Gasteiger partial charge on any atom is 0.508 e. The summed E-state index contributed by atoms with van der Waals surface area (Å²) in [7, 11) is 0. The van der Waals surface area contributed by atoms with E-state index in [2.05, 4.69) is 13.2 Å². The zero-order valence-electron chi connectivity index (χ0n) is 23.1. The average Bonchev–Trinajstić information content (AvgIpc) is 3.54. The van der Waals surface area contributed by atoms with Crippen molar-refractivity contribution in [1.29, 1.82) is 0 Å². The summed E-state index contributed by atoms with van der Waals surface area (Å²) in [6, 6.07) is 0. The normalized spacial score (nSPS) is 30.4. The second-order valence-corrected chi connectivity index (χ2v) is 10.8. The van der Waals surface area contributed by atoms with Crippen LogP contribution in [0.3, 0.4) is 0 Å². The van der Waals surface area contributed by atoms with E-state index in [0.29, 0.717) is 38.9 Å². The fourth-order valence-corrected chi connectivity index (χ4v) is 5.48. The third kappa shape index (κ3) is 9.02. The van der Waals surface area contributed by atoms with E-state index in [1.165, 1.54) is 5.57 Å². The van der Waals surface area contributed by atoms with Crippen molar-refractivity contribution in [1.82, 2.24) is 0 Å². The number of esters is 2. The maximum absolute atomic E-state index is 12.6. The number of unbranched alkanes of at least 4 members (excludes halogenated alkanes) is 1. The SMILES string of the molecule is C=CC(=O)OCCCCOC(=O)OC1CCC(OCOC2COC3C(OC(=O)C4CCC(=C)CC4)COC23)CC1. The van der Waals surface area contributed by atoms with E-state index in [-0.39, 0.29) is 62.4 Å². The molecular weight excluding hydrogens is 524 g/mol. The molecule has 0 bridgehead atoms. The molecule has 0 N–H and O–H groups in total. The summed E-state index contributed by atoms with van der Waals surface area (Å²) in [4.78, 5) is 35.5. The predicted octanol–water partition coefficient (Wildman–Crippen LogP) is 3.78. The van der Waals surface area contributed by atoms with Crippen LogP contribution < -0.4 is 0 Å². The van der Waals surface area contributed by atoms with Gasteiger partial charge in [-0.2, -0.15) is 0 Å². The minimum atomic E-state index is -0.684. The van der Waals surface area contributed by atoms with Gasteiger partial charge in [0.05, 0.1) is 38.4 Å². The Bertz CT molecular complexity index is 871. The zero-order valence-corrected chi connectivity index (χ0v) is 23.1. The standard InChI is InChI=1S/C29H42O11/c1-3-25(30)33-14-4-5-15-34-29(32)39-22-12-10-21(11-13-22)37-18-38-23-16-35-27-24(17-36-26(23)27)40-28(31)20-8-6-19(2)7-9-20/h3,20-24,26-27H,1-2,4-18H2. The van der Waals surface area contributed by atoms with Crippen molar-refractivity contribution in [2.24, 2.45) is 5.92 Å². The van der Waals surface area contributed by atoms with Gasteiger partial charge >= 0.3 is 18.1 Å². The molecule has 4 atom stereocenters. The van der Waals surface area contributed by atoms with Crippen LogP contribution in [0.4, 0.5) is 4.79 Å². The van der Waals surface area contributed by atoms with Gasteiger partial charge in [-0.15, -0.1) is 0 Å². The molecule has 2 heterocycles. The number of hydrogen-bond acceptors (Lipinski definition) is 11. The first-order chi connectivity index (χ1) is 19.4. The summed E-state index contributed by atoms with van der Waals surface area (Å²) in [6.45, 7) is 8.56. The highest BCUT2D eigenvalue weighted by atomic mass is 16.7. The van der Waals surface area contributed by atoms with Crippen LogP contribution in [-0.4, -0.2) is 87.9 Å². The molecule has 4 aliphatic rings. The van der Waals surface area contributed by atoms with Gasteiger partial charge in [-0.05, 0) is 64.2 Å². The smallest absolute Gasteiger partial charge is 0.463 e. The van der Waals surface area contributed by atoms with Gasteiger partial charge in [-0.3, -0.25) is 4.79 Å². The monoisotopic (exact) mass is 566 g/mol. The molecule has 40 heavy (non-hydrogen) atoms. The Morgan fingerprint density at radius 2 is 1.43 bits per heavy atom. The lowest BCUT2D eigenvalue weighted by Crippen LogP contribution is -2.37. The molecule has 0 aromatic carbocycles. The Balaban J connectivity index is 1.04. The van der Waals surface area contributed by atoms with Crippen molar-refractivity contribution in [3.63, 3.8) is 0 Å². The highest BCUT2D eigenvalue weighted by Gasteiger charge is 2.50. The molecule has 0 aromatic rings. The molecule has 11 nitrogen and oxygen atoms in total. The molecule has 224 valence electrons. The first-order valence-electron chi connectivity index (χ1n) is 14.4. The van der Waals surface area contributed by atoms with Crippen LogP contribution in [0.2, 0.25) is 0 Å². The van der Waals surface area contributed by atoms with Crippen LogP contribution >= 0.6 is 0 Å². The molecule has 4 fully saturated rings. The first kappa shape index (κ1) is 30.5. The van der Waals surface area contributed by atoms with Crippen LogP contribution in [0, 0.1) is 5.92 Å². The predicted molar refractivity (Wildman–Crippen MR) is 140 cm³/mol. The second-order valence-electron chi connectivity index (χ2n) is 10.8. The van der Waals surface area contributed by atoms with Gasteiger partial charge in [0.25, 0.3) is 0 Å². The van der Waals surface area contributed by atoms with E-state index < -0.39 is 18.2 Å². The molecule has 2 saturated heterocycles. The lowest BCUT2D eigenvalue weighted by molar-refractivity contribution is -0.161. The minimum absolute atomic E-state index is 0.0111. The molecule has 0 radical (unpaired) electrons. The van der Waals surface area contributed by atoms with E-state index in [1.54, 1.807) is 0 Å². The van der Waals surface area contributed by atoms with Gasteiger partial charge in [-0.25, -0.2) is 9.59 Å². The Hall–Kier alpha value is -2.47. The highest BCUT2D eigenvalue weighted by molar-refractivity contribution is 5.81. The Morgan fingerprint density at radius 3 is 2.12 bits per heavy atom.